The third-order valence-electron chi connectivity index (χ3n) is 3.87. The Morgan fingerprint density at radius 3 is 2.47 bits per heavy atom. The number of rotatable bonds is 2. The number of hydrogen-bond donors (Lipinski definition) is 1. The fourth-order valence-electron chi connectivity index (χ4n) is 2.63. The lowest BCUT2D eigenvalue weighted by atomic mass is 9.87. The smallest absolute Gasteiger partial charge is 0.382 e. The average Bonchev–Trinajstić information content (AvgIpc) is 2.59. The molecule has 0 amide bonds. The minimum Gasteiger partial charge on any atom is -0.382 e. The molecule has 1 fully saturated rings. The lowest BCUT2D eigenvalue weighted by molar-refractivity contribution is -0.139. The summed E-state index contributed by atoms with van der Waals surface area (Å²) in [5.41, 5.74) is -0.839. The molecule has 1 unspecified atom stereocenters. The third kappa shape index (κ3) is 3.01. The van der Waals surface area contributed by atoms with Gasteiger partial charge in [-0.1, -0.05) is 20.3 Å². The number of alkyl halides is 3. The van der Waals surface area contributed by atoms with E-state index in [0.29, 0.717) is 5.69 Å². The van der Waals surface area contributed by atoms with Crippen LogP contribution >= 0.6 is 0 Å². The highest BCUT2D eigenvalue weighted by atomic mass is 19.4. The number of hydrogen-bond acceptors (Lipinski definition) is 1. The quantitative estimate of drug-likeness (QED) is 0.762. The molecule has 0 bridgehead atoms. The first-order valence-electron chi connectivity index (χ1n) is 6.33. The van der Waals surface area contributed by atoms with Crippen molar-refractivity contribution in [3.63, 3.8) is 0 Å². The monoisotopic (exact) mass is 275 g/mol. The fourth-order valence-corrected chi connectivity index (χ4v) is 2.63. The molecule has 1 atom stereocenters. The van der Waals surface area contributed by atoms with Gasteiger partial charge in [0.2, 0.25) is 0 Å². The molecule has 0 saturated heterocycles. The zero-order valence-electron chi connectivity index (χ0n) is 10.9. The SMILES string of the molecule is CC1(C)CCCC1Nc1ccc(F)c(C(F)(F)F)c1. The Labute approximate surface area is 110 Å². The van der Waals surface area contributed by atoms with Gasteiger partial charge in [-0.2, -0.15) is 13.2 Å². The summed E-state index contributed by atoms with van der Waals surface area (Å²) >= 11 is 0. The van der Waals surface area contributed by atoms with Gasteiger partial charge in [-0.05, 0) is 36.5 Å². The van der Waals surface area contributed by atoms with Crippen molar-refractivity contribution in [3.05, 3.63) is 29.6 Å². The molecule has 0 aliphatic heterocycles. The van der Waals surface area contributed by atoms with Crippen LogP contribution in [0.15, 0.2) is 18.2 Å². The van der Waals surface area contributed by atoms with Crippen LogP contribution < -0.4 is 5.32 Å². The van der Waals surface area contributed by atoms with E-state index in [1.165, 1.54) is 6.07 Å². The molecular formula is C14H17F4N. The van der Waals surface area contributed by atoms with E-state index in [2.05, 4.69) is 19.2 Å². The van der Waals surface area contributed by atoms with Gasteiger partial charge in [0.25, 0.3) is 0 Å². The molecule has 0 aromatic heterocycles. The van der Waals surface area contributed by atoms with Gasteiger partial charge in [0, 0.05) is 11.7 Å². The second-order valence-corrected chi connectivity index (χ2v) is 5.77. The molecule has 106 valence electrons. The maximum atomic E-state index is 13.2. The summed E-state index contributed by atoms with van der Waals surface area (Å²) in [6, 6.07) is 3.20. The first-order chi connectivity index (χ1) is 8.70. The van der Waals surface area contributed by atoms with E-state index in [4.69, 9.17) is 0 Å². The number of nitrogens with one attached hydrogen (secondary N) is 1. The van der Waals surface area contributed by atoms with Crippen LogP contribution in [0.5, 0.6) is 0 Å². The molecule has 1 saturated carbocycles. The van der Waals surface area contributed by atoms with Crippen molar-refractivity contribution < 1.29 is 17.6 Å². The zero-order valence-corrected chi connectivity index (χ0v) is 10.9. The molecule has 19 heavy (non-hydrogen) atoms. The zero-order chi connectivity index (χ0) is 14.3. The van der Waals surface area contributed by atoms with Gasteiger partial charge in [0.15, 0.2) is 0 Å². The molecule has 1 aromatic carbocycles. The van der Waals surface area contributed by atoms with Gasteiger partial charge in [-0.3, -0.25) is 0 Å². The summed E-state index contributed by atoms with van der Waals surface area (Å²) in [5.74, 6) is -1.23. The van der Waals surface area contributed by atoms with Gasteiger partial charge in [0.05, 0.1) is 5.56 Å². The summed E-state index contributed by atoms with van der Waals surface area (Å²) in [6.45, 7) is 4.18. The molecule has 0 spiro atoms. The molecule has 0 radical (unpaired) electrons. The minimum absolute atomic E-state index is 0.0484. The van der Waals surface area contributed by atoms with Crippen molar-refractivity contribution in [1.29, 1.82) is 0 Å². The van der Waals surface area contributed by atoms with Crippen LogP contribution in [-0.2, 0) is 6.18 Å². The Balaban J connectivity index is 2.23. The van der Waals surface area contributed by atoms with Crippen LogP contribution in [0.3, 0.4) is 0 Å². The number of benzene rings is 1. The Morgan fingerprint density at radius 2 is 1.95 bits per heavy atom. The number of anilines is 1. The molecule has 1 aliphatic carbocycles. The highest BCUT2D eigenvalue weighted by molar-refractivity contribution is 5.48. The van der Waals surface area contributed by atoms with Crippen LogP contribution in [0.25, 0.3) is 0 Å². The Kier molecular flexibility index (Phi) is 3.49. The van der Waals surface area contributed by atoms with Crippen LogP contribution in [-0.4, -0.2) is 6.04 Å². The molecule has 2 rings (SSSR count). The van der Waals surface area contributed by atoms with Crippen LogP contribution in [0.4, 0.5) is 23.2 Å². The molecule has 1 aliphatic rings. The van der Waals surface area contributed by atoms with Crippen LogP contribution in [0, 0.1) is 11.2 Å². The van der Waals surface area contributed by atoms with E-state index in [0.717, 1.165) is 31.4 Å². The standard InChI is InChI=1S/C14H17F4N/c1-13(2)7-3-4-12(13)19-9-5-6-11(15)10(8-9)14(16,17)18/h5-6,8,12,19H,3-4,7H2,1-2H3. The van der Waals surface area contributed by atoms with E-state index in [1.54, 1.807) is 0 Å². The predicted molar refractivity (Wildman–Crippen MR) is 66.4 cm³/mol. The molecule has 1 aromatic rings. The van der Waals surface area contributed by atoms with Crippen molar-refractivity contribution in [2.45, 2.75) is 45.3 Å². The van der Waals surface area contributed by atoms with Gasteiger partial charge >= 0.3 is 6.18 Å². The lowest BCUT2D eigenvalue weighted by Crippen LogP contribution is -2.30. The first kappa shape index (κ1) is 14.2. The van der Waals surface area contributed by atoms with E-state index in [-0.39, 0.29) is 11.5 Å². The van der Waals surface area contributed by atoms with Gasteiger partial charge in [0.1, 0.15) is 5.82 Å². The molecule has 5 heteroatoms. The minimum atomic E-state index is -4.66. The van der Waals surface area contributed by atoms with E-state index in [9.17, 15) is 17.6 Å². The van der Waals surface area contributed by atoms with Crippen molar-refractivity contribution in [1.82, 2.24) is 0 Å². The van der Waals surface area contributed by atoms with E-state index >= 15 is 0 Å². The summed E-state index contributed by atoms with van der Waals surface area (Å²) in [5, 5.41) is 3.10. The average molecular weight is 275 g/mol. The Bertz CT molecular complexity index is 465. The van der Waals surface area contributed by atoms with Crippen LogP contribution in [0.1, 0.15) is 38.7 Å². The Morgan fingerprint density at radius 1 is 1.26 bits per heavy atom. The largest absolute Gasteiger partial charge is 0.419 e. The third-order valence-corrected chi connectivity index (χ3v) is 3.87. The Hall–Kier alpha value is -1.26. The maximum absolute atomic E-state index is 13.2. The topological polar surface area (TPSA) is 12.0 Å². The van der Waals surface area contributed by atoms with Crippen LogP contribution in [0.2, 0.25) is 0 Å². The van der Waals surface area contributed by atoms with Crippen molar-refractivity contribution in [2.75, 3.05) is 5.32 Å². The lowest BCUT2D eigenvalue weighted by Gasteiger charge is -2.29. The van der Waals surface area contributed by atoms with Crippen molar-refractivity contribution in [3.8, 4) is 0 Å². The fraction of sp³-hybridized carbons (Fsp3) is 0.571. The molecule has 1 nitrogen and oxygen atoms in total. The van der Waals surface area contributed by atoms with Crippen molar-refractivity contribution in [2.24, 2.45) is 5.41 Å². The van der Waals surface area contributed by atoms with E-state index < -0.39 is 17.6 Å². The first-order valence-corrected chi connectivity index (χ1v) is 6.33. The summed E-state index contributed by atoms with van der Waals surface area (Å²) in [4.78, 5) is 0. The summed E-state index contributed by atoms with van der Waals surface area (Å²) in [7, 11) is 0. The number of halogens is 4. The van der Waals surface area contributed by atoms with Crippen molar-refractivity contribution >= 4 is 5.69 Å². The predicted octanol–water partition coefficient (Wildman–Crippen LogP) is 4.84. The van der Waals surface area contributed by atoms with E-state index in [1.807, 2.05) is 0 Å². The summed E-state index contributed by atoms with van der Waals surface area (Å²) < 4.78 is 51.1. The molecule has 0 heterocycles. The highest BCUT2D eigenvalue weighted by Crippen LogP contribution is 2.40. The summed E-state index contributed by atoms with van der Waals surface area (Å²) in [6.07, 6.45) is -1.64. The molecular weight excluding hydrogens is 258 g/mol. The highest BCUT2D eigenvalue weighted by Gasteiger charge is 2.36. The second-order valence-electron chi connectivity index (χ2n) is 5.77. The maximum Gasteiger partial charge on any atom is 0.419 e. The van der Waals surface area contributed by atoms with Gasteiger partial charge < -0.3 is 5.32 Å². The molecule has 1 N–H and O–H groups in total. The van der Waals surface area contributed by atoms with Gasteiger partial charge in [-0.25, -0.2) is 4.39 Å². The van der Waals surface area contributed by atoms with Gasteiger partial charge in [-0.15, -0.1) is 0 Å². The normalized spacial score (nSPS) is 22.5. The second kappa shape index (κ2) is 4.69.